The van der Waals surface area contributed by atoms with Crippen molar-refractivity contribution in [2.45, 2.75) is 23.6 Å². The third kappa shape index (κ3) is 18.1. The average molecular weight is 439 g/mol. The Hall–Kier alpha value is -1.00. The first-order valence-electron chi connectivity index (χ1n) is 7.20. The monoisotopic (exact) mass is 438 g/mol. The number of allylic oxidation sites excluding steroid dienone is 2. The van der Waals surface area contributed by atoms with Gasteiger partial charge in [0.25, 0.3) is 0 Å². The Balaban J connectivity index is -0.000000322. The largest absolute Gasteiger partial charge is 2.00 e. The van der Waals surface area contributed by atoms with Crippen LogP contribution in [-0.2, 0) is 20.2 Å². The first kappa shape index (κ1) is 30.7. The molecule has 0 fully saturated rings. The van der Waals surface area contributed by atoms with E-state index in [0.717, 1.165) is 0 Å². The van der Waals surface area contributed by atoms with Crippen molar-refractivity contribution in [3.05, 3.63) is 86.0 Å². The van der Waals surface area contributed by atoms with Crippen molar-refractivity contribution < 1.29 is 25.9 Å². The van der Waals surface area contributed by atoms with E-state index in [0.29, 0.717) is 0 Å². The Labute approximate surface area is 192 Å². The Morgan fingerprint density at radius 1 is 0.667 bits per heavy atom. The van der Waals surface area contributed by atoms with Crippen LogP contribution in [0, 0.1) is 0 Å². The molecule has 2 aromatic carbocycles. The van der Waals surface area contributed by atoms with E-state index < -0.39 is 20.2 Å². The van der Waals surface area contributed by atoms with Crippen molar-refractivity contribution in [2.75, 3.05) is 0 Å². The predicted molar refractivity (Wildman–Crippen MR) is 106 cm³/mol. The number of hydrogen-bond acceptors (Lipinski definition) is 6. The summed E-state index contributed by atoms with van der Waals surface area (Å²) in [5.41, 5.74) is 0. The van der Waals surface area contributed by atoms with E-state index in [1.807, 2.05) is 13.8 Å². The molecule has 0 aliphatic carbocycles. The summed E-state index contributed by atoms with van der Waals surface area (Å²) in [7, 11) is -8.51. The standard InChI is InChI=1S/2C6H6O3S.2C3H6.Ca/c2*7-10(8,9)6-4-2-1-3-5-6;2*1-3-2;/h2*1-5H,(H,7,8,9);2*3H,1H2,2H3;/q;;;;+2/p-2. The topological polar surface area (TPSA) is 114 Å². The van der Waals surface area contributed by atoms with Gasteiger partial charge in [-0.1, -0.05) is 48.6 Å². The average Bonchev–Trinajstić information content (AvgIpc) is 2.57. The molecule has 27 heavy (non-hydrogen) atoms. The molecular weight excluding hydrogens is 416 g/mol. The summed E-state index contributed by atoms with van der Waals surface area (Å²) in [6, 6.07) is 14.4. The van der Waals surface area contributed by atoms with Crippen LogP contribution in [0.5, 0.6) is 0 Å². The van der Waals surface area contributed by atoms with Gasteiger partial charge >= 0.3 is 37.7 Å². The van der Waals surface area contributed by atoms with Gasteiger partial charge in [-0.05, 0) is 38.1 Å². The molecule has 2 aromatic rings. The molecule has 0 aliphatic rings. The minimum Gasteiger partial charge on any atom is -0.744 e. The predicted octanol–water partition coefficient (Wildman–Crippen LogP) is 3.19. The maximum Gasteiger partial charge on any atom is 2.00 e. The van der Waals surface area contributed by atoms with Crippen molar-refractivity contribution in [2.24, 2.45) is 0 Å². The molecule has 0 saturated carbocycles. The minimum absolute atomic E-state index is 0. The van der Waals surface area contributed by atoms with Crippen LogP contribution in [-0.4, -0.2) is 63.7 Å². The van der Waals surface area contributed by atoms with Gasteiger partial charge in [0.2, 0.25) is 0 Å². The third-order valence-corrected chi connectivity index (χ3v) is 3.76. The molecule has 6 nitrogen and oxygen atoms in total. The van der Waals surface area contributed by atoms with E-state index in [1.165, 1.54) is 48.5 Å². The first-order chi connectivity index (χ1) is 12.0. The summed E-state index contributed by atoms with van der Waals surface area (Å²) >= 11 is 0. The van der Waals surface area contributed by atoms with Gasteiger partial charge in [-0.3, -0.25) is 0 Å². The fraction of sp³-hybridized carbons (Fsp3) is 0.111. The zero-order chi connectivity index (χ0) is 20.6. The normalized spacial score (nSPS) is 9.33. The molecule has 0 unspecified atom stereocenters. The summed E-state index contributed by atoms with van der Waals surface area (Å²) in [5, 5.41) is 0. The second-order valence-electron chi connectivity index (χ2n) is 4.35. The molecule has 0 bridgehead atoms. The SMILES string of the molecule is C=CC.C=CC.O=S(=O)([O-])c1ccccc1.O=S(=O)([O-])c1ccccc1.[Ca+2]. The van der Waals surface area contributed by atoms with Crippen LogP contribution in [0.15, 0.2) is 95.8 Å². The fourth-order valence-corrected chi connectivity index (χ4v) is 2.16. The van der Waals surface area contributed by atoms with Crippen molar-refractivity contribution in [3.63, 3.8) is 0 Å². The Morgan fingerprint density at radius 3 is 0.963 bits per heavy atom. The minimum atomic E-state index is -4.25. The molecule has 0 radical (unpaired) electrons. The quantitative estimate of drug-likeness (QED) is 0.404. The van der Waals surface area contributed by atoms with E-state index in [-0.39, 0.29) is 47.5 Å². The van der Waals surface area contributed by atoms with Gasteiger partial charge in [-0.15, -0.1) is 13.2 Å². The molecule has 9 heteroatoms. The number of benzene rings is 2. The zero-order valence-corrected chi connectivity index (χ0v) is 19.2. The molecule has 144 valence electrons. The van der Waals surface area contributed by atoms with Crippen LogP contribution >= 0.6 is 0 Å². The molecule has 0 amide bonds. The van der Waals surface area contributed by atoms with Crippen LogP contribution < -0.4 is 0 Å². The molecular formula is C18H22CaO6S2. The van der Waals surface area contributed by atoms with Gasteiger partial charge < -0.3 is 9.11 Å². The molecule has 0 saturated heterocycles. The second kappa shape index (κ2) is 17.1. The third-order valence-electron chi connectivity index (χ3n) is 2.06. The molecule has 0 aromatic heterocycles. The summed E-state index contributed by atoms with van der Waals surface area (Å²) < 4.78 is 61.7. The van der Waals surface area contributed by atoms with E-state index in [1.54, 1.807) is 24.3 Å². The van der Waals surface area contributed by atoms with Crippen molar-refractivity contribution in [3.8, 4) is 0 Å². The zero-order valence-electron chi connectivity index (χ0n) is 15.3. The van der Waals surface area contributed by atoms with Crippen LogP contribution in [0.4, 0.5) is 0 Å². The van der Waals surface area contributed by atoms with Crippen LogP contribution in [0.1, 0.15) is 13.8 Å². The van der Waals surface area contributed by atoms with Gasteiger partial charge in [0, 0.05) is 0 Å². The van der Waals surface area contributed by atoms with E-state index >= 15 is 0 Å². The van der Waals surface area contributed by atoms with Crippen molar-refractivity contribution >= 4 is 58.0 Å². The van der Waals surface area contributed by atoms with Gasteiger partial charge in [-0.2, -0.15) is 0 Å². The summed E-state index contributed by atoms with van der Waals surface area (Å²) in [5.74, 6) is 0. The Bertz CT molecular complexity index is 760. The van der Waals surface area contributed by atoms with Gasteiger partial charge in [0.05, 0.1) is 9.79 Å². The van der Waals surface area contributed by atoms with E-state index in [9.17, 15) is 25.9 Å². The van der Waals surface area contributed by atoms with Gasteiger partial charge in [0.15, 0.2) is 0 Å². The Kier molecular flexibility index (Phi) is 19.5. The molecule has 2 rings (SSSR count). The number of hydrogen-bond donors (Lipinski definition) is 0. The van der Waals surface area contributed by atoms with Gasteiger partial charge in [0.1, 0.15) is 20.2 Å². The maximum absolute atomic E-state index is 10.3. The van der Waals surface area contributed by atoms with Crippen molar-refractivity contribution in [1.29, 1.82) is 0 Å². The van der Waals surface area contributed by atoms with Crippen LogP contribution in [0.25, 0.3) is 0 Å². The molecule has 0 spiro atoms. The summed E-state index contributed by atoms with van der Waals surface area (Å²) in [4.78, 5) is -0.370. The summed E-state index contributed by atoms with van der Waals surface area (Å²) in [6.07, 6.45) is 3.50. The van der Waals surface area contributed by atoms with Crippen LogP contribution in [0.3, 0.4) is 0 Å². The maximum atomic E-state index is 10.3. The Morgan fingerprint density at radius 2 is 0.852 bits per heavy atom. The van der Waals surface area contributed by atoms with E-state index in [4.69, 9.17) is 0 Å². The number of rotatable bonds is 2. The molecule has 0 N–H and O–H groups in total. The van der Waals surface area contributed by atoms with Crippen LogP contribution in [0.2, 0.25) is 0 Å². The van der Waals surface area contributed by atoms with Crippen molar-refractivity contribution in [1.82, 2.24) is 0 Å². The molecule has 0 atom stereocenters. The molecule has 0 heterocycles. The smallest absolute Gasteiger partial charge is 0.744 e. The summed E-state index contributed by atoms with van der Waals surface area (Å²) in [6.45, 7) is 10.5. The fourth-order valence-electron chi connectivity index (χ4n) is 1.17. The second-order valence-corrected chi connectivity index (χ2v) is 7.11. The molecule has 0 aliphatic heterocycles. The van der Waals surface area contributed by atoms with E-state index in [2.05, 4.69) is 13.2 Å². The first-order valence-corrected chi connectivity index (χ1v) is 10.0. The van der Waals surface area contributed by atoms with Gasteiger partial charge in [-0.25, -0.2) is 16.8 Å².